The van der Waals surface area contributed by atoms with E-state index >= 15 is 0 Å². The van der Waals surface area contributed by atoms with Gasteiger partial charge in [-0.3, -0.25) is 14.4 Å². The van der Waals surface area contributed by atoms with Gasteiger partial charge in [-0.05, 0) is 31.2 Å². The molecule has 0 aliphatic heterocycles. The molecule has 2 aromatic rings. The van der Waals surface area contributed by atoms with Gasteiger partial charge in [-0.1, -0.05) is 12.1 Å². The van der Waals surface area contributed by atoms with Crippen LogP contribution in [0.25, 0.3) is 0 Å². The summed E-state index contributed by atoms with van der Waals surface area (Å²) in [7, 11) is 0. The number of carbonyl (C=O) groups is 4. The maximum absolute atomic E-state index is 11.9. The van der Waals surface area contributed by atoms with Crippen LogP contribution in [0.2, 0.25) is 0 Å². The normalized spacial score (nSPS) is 9.96. The number of amides is 2. The molecule has 9 heteroatoms. The fraction of sp³-hybridized carbons (Fsp3) is 0.222. The van der Waals surface area contributed by atoms with E-state index in [2.05, 4.69) is 10.6 Å². The fourth-order valence-electron chi connectivity index (χ4n) is 2.01. The van der Waals surface area contributed by atoms with Crippen molar-refractivity contribution in [1.82, 2.24) is 5.32 Å². The molecular formula is C18H18N2O7. The van der Waals surface area contributed by atoms with Gasteiger partial charge >= 0.3 is 11.9 Å². The number of carbonyl (C=O) groups excluding carboxylic acids is 4. The topological polar surface area (TPSA) is 124 Å². The fourth-order valence-corrected chi connectivity index (χ4v) is 2.01. The molecule has 0 aliphatic rings. The number of benzene rings is 1. The second-order valence-corrected chi connectivity index (χ2v) is 5.13. The highest BCUT2D eigenvalue weighted by Crippen LogP contribution is 2.16. The van der Waals surface area contributed by atoms with Gasteiger partial charge in [-0.15, -0.1) is 0 Å². The highest BCUT2D eigenvalue weighted by atomic mass is 16.5. The minimum atomic E-state index is -0.802. The Morgan fingerprint density at radius 3 is 2.52 bits per heavy atom. The average molecular weight is 374 g/mol. The molecule has 0 saturated carbocycles. The van der Waals surface area contributed by atoms with E-state index in [1.54, 1.807) is 19.1 Å². The van der Waals surface area contributed by atoms with Crippen LogP contribution in [0.3, 0.4) is 0 Å². The zero-order valence-electron chi connectivity index (χ0n) is 14.5. The first-order valence-electron chi connectivity index (χ1n) is 8.04. The molecular weight excluding hydrogens is 356 g/mol. The molecule has 0 radical (unpaired) electrons. The van der Waals surface area contributed by atoms with Crippen molar-refractivity contribution in [3.8, 4) is 0 Å². The van der Waals surface area contributed by atoms with Crippen LogP contribution in [0.5, 0.6) is 0 Å². The lowest BCUT2D eigenvalue weighted by Crippen LogP contribution is -2.32. The van der Waals surface area contributed by atoms with Crippen LogP contribution in [0, 0.1) is 0 Å². The molecule has 9 nitrogen and oxygen atoms in total. The summed E-state index contributed by atoms with van der Waals surface area (Å²) < 4.78 is 14.6. The van der Waals surface area contributed by atoms with E-state index in [1.165, 1.54) is 30.5 Å². The molecule has 0 spiro atoms. The third-order valence-electron chi connectivity index (χ3n) is 3.20. The first kappa shape index (κ1) is 19.7. The van der Waals surface area contributed by atoms with Crippen LogP contribution in [0.1, 0.15) is 27.8 Å². The Bertz CT molecular complexity index is 815. The van der Waals surface area contributed by atoms with Crippen molar-refractivity contribution in [2.45, 2.75) is 6.92 Å². The molecule has 0 unspecified atom stereocenters. The second-order valence-electron chi connectivity index (χ2n) is 5.13. The van der Waals surface area contributed by atoms with E-state index in [0.29, 0.717) is 0 Å². The largest absolute Gasteiger partial charge is 0.462 e. The lowest BCUT2D eigenvalue weighted by atomic mass is 10.2. The minimum Gasteiger partial charge on any atom is -0.462 e. The Morgan fingerprint density at radius 2 is 1.81 bits per heavy atom. The summed E-state index contributed by atoms with van der Waals surface area (Å²) >= 11 is 0. The maximum Gasteiger partial charge on any atom is 0.340 e. The number of esters is 2. The van der Waals surface area contributed by atoms with Crippen LogP contribution < -0.4 is 10.6 Å². The third kappa shape index (κ3) is 5.99. The summed E-state index contributed by atoms with van der Waals surface area (Å²) in [6.45, 7) is 0.866. The van der Waals surface area contributed by atoms with Gasteiger partial charge in [0, 0.05) is 0 Å². The number of rotatable bonds is 8. The number of anilines is 1. The Labute approximate surface area is 154 Å². The number of nitrogens with one attached hydrogen (secondary N) is 2. The van der Waals surface area contributed by atoms with Gasteiger partial charge in [0.1, 0.15) is 6.54 Å². The molecule has 0 aliphatic carbocycles. The molecule has 1 heterocycles. The van der Waals surface area contributed by atoms with Crippen molar-refractivity contribution >= 4 is 29.4 Å². The van der Waals surface area contributed by atoms with Crippen molar-refractivity contribution < 1.29 is 33.1 Å². The van der Waals surface area contributed by atoms with Crippen molar-refractivity contribution in [3.63, 3.8) is 0 Å². The molecule has 2 rings (SSSR count). The predicted octanol–water partition coefficient (Wildman–Crippen LogP) is 1.37. The number of para-hydroxylation sites is 1. The van der Waals surface area contributed by atoms with E-state index in [9.17, 15) is 19.2 Å². The summed E-state index contributed by atoms with van der Waals surface area (Å²) in [4.78, 5) is 47.0. The lowest BCUT2D eigenvalue weighted by Gasteiger charge is -2.10. The Hall–Kier alpha value is -3.62. The molecule has 0 atom stereocenters. The van der Waals surface area contributed by atoms with E-state index in [-0.39, 0.29) is 23.6 Å². The summed E-state index contributed by atoms with van der Waals surface area (Å²) in [5, 5.41) is 4.77. The molecule has 1 aromatic heterocycles. The molecule has 0 saturated heterocycles. The van der Waals surface area contributed by atoms with Crippen LogP contribution in [-0.2, 0) is 19.1 Å². The standard InChI is InChI=1S/C18H18N2O7/c1-2-25-18(24)12-6-3-4-7-13(12)20-15(21)11-27-16(22)10-19-17(23)14-8-5-9-26-14/h3-9H,2,10-11H2,1H3,(H,19,23)(H,20,21). The first-order valence-corrected chi connectivity index (χ1v) is 8.04. The van der Waals surface area contributed by atoms with Crippen molar-refractivity contribution in [2.24, 2.45) is 0 Å². The van der Waals surface area contributed by atoms with Gasteiger partial charge in [-0.25, -0.2) is 4.79 Å². The molecule has 2 amide bonds. The summed E-state index contributed by atoms with van der Waals surface area (Å²) in [5.41, 5.74) is 0.424. The number of hydrogen-bond donors (Lipinski definition) is 2. The summed E-state index contributed by atoms with van der Waals surface area (Å²) in [6, 6.07) is 9.26. The number of ether oxygens (including phenoxy) is 2. The van der Waals surface area contributed by atoms with Gasteiger partial charge in [0.15, 0.2) is 12.4 Å². The molecule has 27 heavy (non-hydrogen) atoms. The molecule has 1 aromatic carbocycles. The maximum atomic E-state index is 11.9. The summed E-state index contributed by atoms with van der Waals surface area (Å²) in [5.74, 6) is -2.55. The molecule has 0 fully saturated rings. The minimum absolute atomic E-state index is 0.0520. The van der Waals surface area contributed by atoms with Crippen molar-refractivity contribution in [2.75, 3.05) is 25.1 Å². The van der Waals surface area contributed by atoms with Gasteiger partial charge in [-0.2, -0.15) is 0 Å². The Balaban J connectivity index is 1.80. The van der Waals surface area contributed by atoms with Crippen LogP contribution in [-0.4, -0.2) is 43.5 Å². The van der Waals surface area contributed by atoms with Crippen LogP contribution >= 0.6 is 0 Å². The second kappa shape index (κ2) is 9.76. The first-order chi connectivity index (χ1) is 13.0. The van der Waals surface area contributed by atoms with Crippen LogP contribution in [0.15, 0.2) is 47.1 Å². The summed E-state index contributed by atoms with van der Waals surface area (Å²) in [6.07, 6.45) is 1.33. The average Bonchev–Trinajstić information content (AvgIpc) is 3.20. The Kier molecular flexibility index (Phi) is 7.12. The highest BCUT2D eigenvalue weighted by Gasteiger charge is 2.15. The van der Waals surface area contributed by atoms with E-state index < -0.39 is 36.9 Å². The SMILES string of the molecule is CCOC(=O)c1ccccc1NC(=O)COC(=O)CNC(=O)c1ccco1. The highest BCUT2D eigenvalue weighted by molar-refractivity contribution is 6.02. The quantitative estimate of drug-likeness (QED) is 0.669. The van der Waals surface area contributed by atoms with Crippen molar-refractivity contribution in [1.29, 1.82) is 0 Å². The Morgan fingerprint density at radius 1 is 1.04 bits per heavy atom. The monoisotopic (exact) mass is 374 g/mol. The molecule has 142 valence electrons. The smallest absolute Gasteiger partial charge is 0.340 e. The molecule has 0 bridgehead atoms. The number of furan rings is 1. The third-order valence-corrected chi connectivity index (χ3v) is 3.20. The zero-order valence-corrected chi connectivity index (χ0v) is 14.5. The van der Waals surface area contributed by atoms with Crippen LogP contribution in [0.4, 0.5) is 5.69 Å². The lowest BCUT2D eigenvalue weighted by molar-refractivity contribution is -0.146. The van der Waals surface area contributed by atoms with Gasteiger partial charge in [0.05, 0.1) is 24.1 Å². The predicted molar refractivity (Wildman–Crippen MR) is 93.0 cm³/mol. The van der Waals surface area contributed by atoms with Gasteiger partial charge in [0.2, 0.25) is 0 Å². The van der Waals surface area contributed by atoms with E-state index in [0.717, 1.165) is 0 Å². The molecule has 2 N–H and O–H groups in total. The van der Waals surface area contributed by atoms with Gasteiger partial charge < -0.3 is 24.5 Å². The van der Waals surface area contributed by atoms with Gasteiger partial charge in [0.25, 0.3) is 11.8 Å². The zero-order chi connectivity index (χ0) is 19.6. The number of hydrogen-bond acceptors (Lipinski definition) is 7. The van der Waals surface area contributed by atoms with E-state index in [4.69, 9.17) is 13.9 Å². The van der Waals surface area contributed by atoms with Crippen molar-refractivity contribution in [3.05, 3.63) is 54.0 Å². The van der Waals surface area contributed by atoms with E-state index in [1.807, 2.05) is 0 Å².